The van der Waals surface area contributed by atoms with E-state index in [1.54, 1.807) is 30.6 Å². The van der Waals surface area contributed by atoms with Crippen molar-refractivity contribution in [2.24, 2.45) is 0 Å². The summed E-state index contributed by atoms with van der Waals surface area (Å²) in [4.78, 5) is 20.3. The van der Waals surface area contributed by atoms with Gasteiger partial charge in [0.1, 0.15) is 11.9 Å². The van der Waals surface area contributed by atoms with Crippen molar-refractivity contribution in [2.45, 2.75) is 18.3 Å². The van der Waals surface area contributed by atoms with Crippen LogP contribution >= 0.6 is 0 Å². The minimum atomic E-state index is -4.55. The van der Waals surface area contributed by atoms with E-state index in [-0.39, 0.29) is 24.6 Å². The second kappa shape index (κ2) is 7.63. The number of ether oxygens (including phenoxy) is 1. The number of pyridine rings is 2. The Kier molecular flexibility index (Phi) is 5.01. The van der Waals surface area contributed by atoms with Crippen LogP contribution in [0.4, 0.5) is 19.0 Å². The van der Waals surface area contributed by atoms with E-state index < -0.39 is 23.8 Å². The molecule has 1 N–H and O–H groups in total. The maximum absolute atomic E-state index is 13.3. The molecule has 29 heavy (non-hydrogen) atoms. The molecule has 0 bridgehead atoms. The van der Waals surface area contributed by atoms with Crippen LogP contribution in [0.5, 0.6) is 0 Å². The van der Waals surface area contributed by atoms with Crippen molar-refractivity contribution in [3.8, 4) is 11.3 Å². The standard InChI is InChI=1S/C19H16F3N5O2/c20-19(21,22)13-4-2-8-24-18(13)25-15-10-29-11-16(15)27-17(28)6-5-14(26-27)12-3-1-7-23-9-12/h1-9,15-16H,10-11H2,(H,24,25). The fraction of sp³-hybridized carbons (Fsp3) is 0.263. The highest BCUT2D eigenvalue weighted by Crippen LogP contribution is 2.34. The number of alkyl halides is 3. The van der Waals surface area contributed by atoms with E-state index in [4.69, 9.17) is 4.74 Å². The van der Waals surface area contributed by atoms with E-state index in [1.165, 1.54) is 23.0 Å². The third-order valence-electron chi connectivity index (χ3n) is 4.58. The van der Waals surface area contributed by atoms with Gasteiger partial charge in [0, 0.05) is 30.2 Å². The number of nitrogens with one attached hydrogen (secondary N) is 1. The number of anilines is 1. The number of hydrogen-bond donors (Lipinski definition) is 1. The van der Waals surface area contributed by atoms with Crippen molar-refractivity contribution in [1.29, 1.82) is 0 Å². The monoisotopic (exact) mass is 403 g/mol. The largest absolute Gasteiger partial charge is 0.419 e. The normalized spacial score (nSPS) is 19.3. The lowest BCUT2D eigenvalue weighted by molar-refractivity contribution is -0.137. The second-order valence-electron chi connectivity index (χ2n) is 6.50. The van der Waals surface area contributed by atoms with Crippen LogP contribution in [-0.2, 0) is 10.9 Å². The van der Waals surface area contributed by atoms with Crippen LogP contribution in [-0.4, -0.2) is 39.0 Å². The van der Waals surface area contributed by atoms with Crippen molar-refractivity contribution in [1.82, 2.24) is 19.7 Å². The van der Waals surface area contributed by atoms with E-state index in [0.717, 1.165) is 6.07 Å². The van der Waals surface area contributed by atoms with E-state index in [0.29, 0.717) is 11.3 Å². The molecule has 10 heteroatoms. The Morgan fingerprint density at radius 2 is 1.93 bits per heavy atom. The molecular formula is C19H16F3N5O2. The average molecular weight is 403 g/mol. The molecule has 0 aromatic carbocycles. The highest BCUT2D eigenvalue weighted by atomic mass is 19.4. The minimum Gasteiger partial charge on any atom is -0.377 e. The van der Waals surface area contributed by atoms with Crippen LogP contribution < -0.4 is 10.9 Å². The van der Waals surface area contributed by atoms with Gasteiger partial charge in [-0.1, -0.05) is 0 Å². The number of aromatic nitrogens is 4. The summed E-state index contributed by atoms with van der Waals surface area (Å²) >= 11 is 0. The molecule has 0 aliphatic carbocycles. The van der Waals surface area contributed by atoms with Crippen LogP contribution in [0.2, 0.25) is 0 Å². The van der Waals surface area contributed by atoms with E-state index in [2.05, 4.69) is 20.4 Å². The summed E-state index contributed by atoms with van der Waals surface area (Å²) in [5, 5.41) is 7.17. The van der Waals surface area contributed by atoms with Crippen LogP contribution in [0.15, 0.2) is 59.8 Å². The quantitative estimate of drug-likeness (QED) is 0.722. The Labute approximate surface area is 163 Å². The Morgan fingerprint density at radius 3 is 2.69 bits per heavy atom. The number of nitrogens with zero attached hydrogens (tertiary/aromatic N) is 4. The SMILES string of the molecule is O=c1ccc(-c2cccnc2)nn1C1COCC1Nc1ncccc1C(F)(F)F. The maximum Gasteiger partial charge on any atom is 0.419 e. The molecule has 150 valence electrons. The number of hydrogen-bond acceptors (Lipinski definition) is 6. The van der Waals surface area contributed by atoms with Gasteiger partial charge in [0.15, 0.2) is 0 Å². The molecule has 4 heterocycles. The van der Waals surface area contributed by atoms with E-state index in [9.17, 15) is 18.0 Å². The molecule has 0 amide bonds. The number of halogens is 3. The molecule has 2 atom stereocenters. The molecule has 1 fully saturated rings. The zero-order valence-corrected chi connectivity index (χ0v) is 15.0. The third kappa shape index (κ3) is 3.97. The van der Waals surface area contributed by atoms with Gasteiger partial charge in [-0.15, -0.1) is 0 Å². The van der Waals surface area contributed by atoms with Crippen molar-refractivity contribution in [2.75, 3.05) is 18.5 Å². The average Bonchev–Trinajstić information content (AvgIpc) is 3.16. The lowest BCUT2D eigenvalue weighted by Gasteiger charge is -2.22. The molecule has 1 aliphatic rings. The molecule has 1 aliphatic heterocycles. The van der Waals surface area contributed by atoms with Crippen LogP contribution in [0.3, 0.4) is 0 Å². The van der Waals surface area contributed by atoms with Gasteiger partial charge in [0.25, 0.3) is 5.56 Å². The first-order valence-electron chi connectivity index (χ1n) is 8.80. The van der Waals surface area contributed by atoms with Gasteiger partial charge in [0.05, 0.1) is 30.5 Å². The minimum absolute atomic E-state index is 0.115. The zero-order valence-electron chi connectivity index (χ0n) is 15.0. The third-order valence-corrected chi connectivity index (χ3v) is 4.58. The van der Waals surface area contributed by atoms with Crippen LogP contribution in [0.1, 0.15) is 11.6 Å². The molecule has 0 saturated carbocycles. The van der Waals surface area contributed by atoms with Gasteiger partial charge < -0.3 is 10.1 Å². The molecule has 0 spiro atoms. The molecule has 2 unspecified atom stereocenters. The summed E-state index contributed by atoms with van der Waals surface area (Å²) in [6.45, 7) is 0.249. The summed E-state index contributed by atoms with van der Waals surface area (Å²) < 4.78 is 46.5. The Hall–Kier alpha value is -3.27. The lowest BCUT2D eigenvalue weighted by Crippen LogP contribution is -2.37. The summed E-state index contributed by atoms with van der Waals surface area (Å²) in [5.74, 6) is -0.308. The van der Waals surface area contributed by atoms with Gasteiger partial charge in [-0.05, 0) is 30.3 Å². The molecule has 3 aromatic heterocycles. The van der Waals surface area contributed by atoms with Gasteiger partial charge in [-0.3, -0.25) is 9.78 Å². The topological polar surface area (TPSA) is 81.9 Å². The van der Waals surface area contributed by atoms with Crippen molar-refractivity contribution in [3.05, 3.63) is 70.9 Å². The summed E-state index contributed by atoms with van der Waals surface area (Å²) in [6.07, 6.45) is -0.0480. The first kappa shape index (κ1) is 19.1. The lowest BCUT2D eigenvalue weighted by atomic mass is 10.1. The van der Waals surface area contributed by atoms with Crippen molar-refractivity contribution < 1.29 is 17.9 Å². The Bertz CT molecular complexity index is 1060. The highest BCUT2D eigenvalue weighted by Gasteiger charge is 2.37. The van der Waals surface area contributed by atoms with E-state index in [1.807, 2.05) is 0 Å². The van der Waals surface area contributed by atoms with Gasteiger partial charge in [0.2, 0.25) is 0 Å². The van der Waals surface area contributed by atoms with Crippen LogP contribution in [0.25, 0.3) is 11.3 Å². The fourth-order valence-corrected chi connectivity index (χ4v) is 3.18. The second-order valence-corrected chi connectivity index (χ2v) is 6.50. The fourth-order valence-electron chi connectivity index (χ4n) is 3.18. The Morgan fingerprint density at radius 1 is 1.10 bits per heavy atom. The molecule has 3 aromatic rings. The first-order chi connectivity index (χ1) is 13.9. The Balaban J connectivity index is 1.66. The van der Waals surface area contributed by atoms with Gasteiger partial charge in [-0.2, -0.15) is 18.3 Å². The molecule has 1 saturated heterocycles. The van der Waals surface area contributed by atoms with Gasteiger partial charge in [-0.25, -0.2) is 9.67 Å². The highest BCUT2D eigenvalue weighted by molar-refractivity contribution is 5.56. The summed E-state index contributed by atoms with van der Waals surface area (Å²) in [7, 11) is 0. The summed E-state index contributed by atoms with van der Waals surface area (Å²) in [5.41, 5.74) is -0.0157. The molecular weight excluding hydrogens is 387 g/mol. The smallest absolute Gasteiger partial charge is 0.377 e. The summed E-state index contributed by atoms with van der Waals surface area (Å²) in [6, 6.07) is 7.46. The van der Waals surface area contributed by atoms with Crippen molar-refractivity contribution >= 4 is 5.82 Å². The van der Waals surface area contributed by atoms with Crippen molar-refractivity contribution in [3.63, 3.8) is 0 Å². The predicted octanol–water partition coefficient (Wildman–Crippen LogP) is 2.77. The molecule has 7 nitrogen and oxygen atoms in total. The first-order valence-corrected chi connectivity index (χ1v) is 8.80. The predicted molar refractivity (Wildman–Crippen MR) is 98.2 cm³/mol. The van der Waals surface area contributed by atoms with E-state index >= 15 is 0 Å². The zero-order chi connectivity index (χ0) is 20.4. The maximum atomic E-state index is 13.3. The molecule has 4 rings (SSSR count). The van der Waals surface area contributed by atoms with Crippen LogP contribution in [0, 0.1) is 0 Å². The number of rotatable bonds is 4. The molecule has 0 radical (unpaired) electrons. The van der Waals surface area contributed by atoms with Gasteiger partial charge >= 0.3 is 6.18 Å².